The summed E-state index contributed by atoms with van der Waals surface area (Å²) in [7, 11) is -2.70. The molecule has 0 spiro atoms. The molecule has 0 radical (unpaired) electrons. The number of benzene rings is 9. The van der Waals surface area contributed by atoms with Crippen LogP contribution in [-0.4, -0.2) is 17.2 Å². The topological polar surface area (TPSA) is 9.86 Å². The second-order valence-corrected chi connectivity index (χ2v) is 21.3. The third-order valence-corrected chi connectivity index (χ3v) is 18.8. The lowest BCUT2D eigenvalue weighted by Gasteiger charge is -2.34. The van der Waals surface area contributed by atoms with Crippen molar-refractivity contribution in [2.24, 2.45) is 0 Å². The Morgan fingerprint density at radius 1 is 0.349 bits per heavy atom. The van der Waals surface area contributed by atoms with Crippen LogP contribution >= 0.6 is 0 Å². The Labute approximate surface area is 370 Å². The van der Waals surface area contributed by atoms with Gasteiger partial charge in [0, 0.05) is 27.2 Å². The molecule has 3 heteroatoms. The van der Waals surface area contributed by atoms with Crippen molar-refractivity contribution in [2.45, 2.75) is 38.0 Å². The predicted octanol–water partition coefficient (Wildman–Crippen LogP) is 13.0. The predicted molar refractivity (Wildman–Crippen MR) is 270 cm³/mol. The summed E-state index contributed by atoms with van der Waals surface area (Å²) in [5.41, 5.74) is 11.2. The fourth-order valence-corrected chi connectivity index (χ4v) is 16.0. The van der Waals surface area contributed by atoms with Crippen molar-refractivity contribution in [1.82, 2.24) is 9.13 Å². The Hall–Kier alpha value is -7.20. The molecule has 12 rings (SSSR count). The van der Waals surface area contributed by atoms with Crippen LogP contribution in [-0.2, 0) is 0 Å². The van der Waals surface area contributed by atoms with Crippen LogP contribution < -0.4 is 20.7 Å². The van der Waals surface area contributed by atoms with Gasteiger partial charge in [0.1, 0.15) is 0 Å². The molecule has 0 atom stereocenters. The lowest BCUT2D eigenvalue weighted by molar-refractivity contribution is 0.444. The zero-order valence-electron chi connectivity index (χ0n) is 35.4. The van der Waals surface area contributed by atoms with Crippen molar-refractivity contribution in [3.63, 3.8) is 0 Å². The van der Waals surface area contributed by atoms with E-state index in [2.05, 4.69) is 234 Å². The van der Waals surface area contributed by atoms with Crippen LogP contribution in [0.3, 0.4) is 0 Å². The maximum absolute atomic E-state index is 2.70. The molecular weight excluding hydrogens is 777 g/mol. The highest BCUT2D eigenvalue weighted by Gasteiger charge is 2.41. The zero-order chi connectivity index (χ0) is 41.7. The van der Waals surface area contributed by atoms with E-state index >= 15 is 0 Å². The van der Waals surface area contributed by atoms with Crippen molar-refractivity contribution in [2.75, 3.05) is 0 Å². The lowest BCUT2D eigenvalue weighted by Crippen LogP contribution is -2.74. The number of para-hydroxylation sites is 2. The molecule has 63 heavy (non-hydrogen) atoms. The molecule has 2 nitrogen and oxygen atoms in total. The maximum Gasteiger partial charge on any atom is 0.179 e. The van der Waals surface area contributed by atoms with Crippen molar-refractivity contribution in [3.8, 4) is 22.5 Å². The standard InChI is InChI=1S/C60H48N2Si/c1-5-20-43(21-6-1)46-38-39-53-52-32-13-15-34-55(52)62(59(53)42-46)58-37-19-36-57-60(58)54-33-14-16-35-56(54)61(57)47-24-17-22-44(40-47)45-23-18-31-51(41-45)63(48-25-7-2-8-26-48,49-27-9-3-10-28-49)50-29-11-4-12-30-50/h2-4,7-19,22-43H,1,5-6,20-21H2. The van der Waals surface area contributed by atoms with E-state index in [1.54, 1.807) is 0 Å². The first-order chi connectivity index (χ1) is 31.3. The normalized spacial score (nSPS) is 13.7. The van der Waals surface area contributed by atoms with Gasteiger partial charge in [0.15, 0.2) is 8.07 Å². The molecule has 0 amide bonds. The summed E-state index contributed by atoms with van der Waals surface area (Å²) in [6.45, 7) is 0. The minimum atomic E-state index is -2.70. The number of rotatable bonds is 8. The summed E-state index contributed by atoms with van der Waals surface area (Å²) < 4.78 is 5.04. The molecule has 0 unspecified atom stereocenters. The number of hydrogen-bond acceptors (Lipinski definition) is 0. The van der Waals surface area contributed by atoms with Crippen LogP contribution in [0.1, 0.15) is 43.6 Å². The van der Waals surface area contributed by atoms with E-state index in [9.17, 15) is 0 Å². The lowest BCUT2D eigenvalue weighted by atomic mass is 9.84. The molecule has 302 valence electrons. The molecular formula is C60H48N2Si. The molecule has 1 aliphatic carbocycles. The summed E-state index contributed by atoms with van der Waals surface area (Å²) in [5, 5.41) is 10.7. The molecule has 1 fully saturated rings. The van der Waals surface area contributed by atoms with Gasteiger partial charge >= 0.3 is 0 Å². The quantitative estimate of drug-likeness (QED) is 0.107. The van der Waals surface area contributed by atoms with Crippen LogP contribution in [0, 0.1) is 0 Å². The van der Waals surface area contributed by atoms with Crippen molar-refractivity contribution in [1.29, 1.82) is 0 Å². The molecule has 0 aliphatic heterocycles. The van der Waals surface area contributed by atoms with Gasteiger partial charge in [-0.2, -0.15) is 0 Å². The van der Waals surface area contributed by atoms with Crippen molar-refractivity contribution in [3.05, 3.63) is 230 Å². The smallest absolute Gasteiger partial charge is 0.179 e. The van der Waals surface area contributed by atoms with E-state index in [-0.39, 0.29) is 0 Å². The molecule has 9 aromatic carbocycles. The minimum absolute atomic E-state index is 0.633. The van der Waals surface area contributed by atoms with Gasteiger partial charge in [-0.15, -0.1) is 0 Å². The summed E-state index contributed by atoms with van der Waals surface area (Å²) in [5.74, 6) is 0.633. The fourth-order valence-electron chi connectivity index (χ4n) is 11.2. The first-order valence-corrected chi connectivity index (χ1v) is 24.7. The second-order valence-electron chi connectivity index (χ2n) is 17.5. The Morgan fingerprint density at radius 3 is 1.56 bits per heavy atom. The van der Waals surface area contributed by atoms with Crippen LogP contribution in [0.4, 0.5) is 0 Å². The minimum Gasteiger partial charge on any atom is -0.309 e. The third-order valence-electron chi connectivity index (χ3n) is 14.0. The molecule has 0 bridgehead atoms. The Kier molecular flexibility index (Phi) is 9.30. The maximum atomic E-state index is 2.56. The van der Waals surface area contributed by atoms with Crippen LogP contribution in [0.2, 0.25) is 0 Å². The van der Waals surface area contributed by atoms with E-state index in [1.165, 1.54) is 119 Å². The van der Waals surface area contributed by atoms with Gasteiger partial charge in [-0.05, 0) is 98.7 Å². The van der Waals surface area contributed by atoms with Crippen molar-refractivity contribution < 1.29 is 0 Å². The zero-order valence-corrected chi connectivity index (χ0v) is 36.4. The van der Waals surface area contributed by atoms with E-state index in [0.29, 0.717) is 5.92 Å². The summed E-state index contributed by atoms with van der Waals surface area (Å²) in [6, 6.07) is 84.4. The summed E-state index contributed by atoms with van der Waals surface area (Å²) in [4.78, 5) is 0. The fraction of sp³-hybridized carbons (Fsp3) is 0.100. The largest absolute Gasteiger partial charge is 0.309 e. The van der Waals surface area contributed by atoms with Crippen molar-refractivity contribution >= 4 is 72.4 Å². The highest BCUT2D eigenvalue weighted by atomic mass is 28.3. The Balaban J connectivity index is 1.04. The van der Waals surface area contributed by atoms with E-state index in [1.807, 2.05) is 0 Å². The summed E-state index contributed by atoms with van der Waals surface area (Å²) >= 11 is 0. The highest BCUT2D eigenvalue weighted by Crippen LogP contribution is 2.42. The van der Waals surface area contributed by atoms with Gasteiger partial charge in [-0.25, -0.2) is 0 Å². The van der Waals surface area contributed by atoms with Gasteiger partial charge in [0.05, 0.1) is 27.8 Å². The highest BCUT2D eigenvalue weighted by molar-refractivity contribution is 7.19. The van der Waals surface area contributed by atoms with Gasteiger partial charge in [-0.3, -0.25) is 0 Å². The average Bonchev–Trinajstić information content (AvgIpc) is 3.88. The Morgan fingerprint density at radius 2 is 0.873 bits per heavy atom. The Bertz CT molecular complexity index is 3330. The second kappa shape index (κ2) is 15.6. The molecule has 0 saturated heterocycles. The van der Waals surface area contributed by atoms with Gasteiger partial charge in [-0.1, -0.05) is 201 Å². The van der Waals surface area contributed by atoms with Crippen LogP contribution in [0.5, 0.6) is 0 Å². The monoisotopic (exact) mass is 824 g/mol. The van der Waals surface area contributed by atoms with E-state index < -0.39 is 8.07 Å². The number of hydrogen-bond donors (Lipinski definition) is 0. The van der Waals surface area contributed by atoms with Gasteiger partial charge in [0.2, 0.25) is 0 Å². The molecule has 0 N–H and O–H groups in total. The number of fused-ring (bicyclic) bond motifs is 6. The van der Waals surface area contributed by atoms with E-state index in [4.69, 9.17) is 0 Å². The first kappa shape index (κ1) is 37.5. The number of nitrogens with zero attached hydrogens (tertiary/aromatic N) is 2. The SMILES string of the molecule is c1ccc([Si](c2ccccc2)(c2ccccc2)c2cccc(-c3cccc(-n4c5ccccc5c5c(-n6c7ccccc7c7ccc(C8CCCCC8)cc76)cccc54)c3)c2)cc1. The molecule has 2 heterocycles. The van der Waals surface area contributed by atoms with Gasteiger partial charge in [0.25, 0.3) is 0 Å². The van der Waals surface area contributed by atoms with Gasteiger partial charge < -0.3 is 9.13 Å². The molecule has 1 saturated carbocycles. The van der Waals surface area contributed by atoms with Crippen LogP contribution in [0.25, 0.3) is 66.1 Å². The third kappa shape index (κ3) is 6.13. The van der Waals surface area contributed by atoms with Crippen LogP contribution in [0.15, 0.2) is 224 Å². The number of aromatic nitrogens is 2. The molecule has 1 aliphatic rings. The molecule has 11 aromatic rings. The molecule has 2 aromatic heterocycles. The summed E-state index contributed by atoms with van der Waals surface area (Å²) in [6.07, 6.45) is 6.59. The first-order valence-electron chi connectivity index (χ1n) is 22.7. The van der Waals surface area contributed by atoms with E-state index in [0.717, 1.165) is 5.69 Å². The average molecular weight is 825 g/mol.